The maximum atomic E-state index is 11.4. The molecule has 0 saturated heterocycles. The van der Waals surface area contributed by atoms with Crippen LogP contribution in [-0.4, -0.2) is 60.8 Å². The van der Waals surface area contributed by atoms with Crippen LogP contribution in [0.15, 0.2) is 0 Å². The van der Waals surface area contributed by atoms with E-state index in [9.17, 15) is 4.79 Å². The van der Waals surface area contributed by atoms with Gasteiger partial charge in [-0.25, -0.2) is 4.84 Å². The first-order chi connectivity index (χ1) is 9.07. The van der Waals surface area contributed by atoms with Crippen LogP contribution in [0.1, 0.15) is 19.3 Å². The lowest BCUT2D eigenvalue weighted by atomic mass is 10.1. The van der Waals surface area contributed by atoms with Crippen LogP contribution >= 0.6 is 0 Å². The molecule has 0 aromatic rings. The summed E-state index contributed by atoms with van der Waals surface area (Å²) >= 11 is 0. The van der Waals surface area contributed by atoms with Crippen LogP contribution in [-0.2, 0) is 19.1 Å². The van der Waals surface area contributed by atoms with E-state index in [1.54, 1.807) is 0 Å². The quantitative estimate of drug-likeness (QED) is 0.201. The van der Waals surface area contributed by atoms with Crippen LogP contribution in [0.5, 0.6) is 0 Å². The molecule has 9 heteroatoms. The lowest BCUT2D eigenvalue weighted by molar-refractivity contribution is -0.493. The molecule has 0 radical (unpaired) electrons. The Morgan fingerprint density at radius 1 is 1.16 bits per heavy atom. The molecule has 0 bridgehead atoms. The topological polar surface area (TPSA) is 140 Å². The zero-order chi connectivity index (χ0) is 14.5. The molecule has 1 unspecified atom stereocenters. The number of hydrogen-bond donors (Lipinski definition) is 4. The summed E-state index contributed by atoms with van der Waals surface area (Å²) in [4.78, 5) is 15.6. The number of unbranched alkanes of at least 4 members (excludes halogenated alkanes) is 1. The summed E-state index contributed by atoms with van der Waals surface area (Å²) in [5, 5.41) is 16.0. The third-order valence-electron chi connectivity index (χ3n) is 2.18. The standard InChI is InChI=1S/C10H23N3O6/c11-4-2-1-3-9(12)10(14)18-7-5-17-6-8-19-13(15)16/h9,15-16H,1-8,11-12H2. The monoisotopic (exact) mass is 281 g/mol. The van der Waals surface area contributed by atoms with Gasteiger partial charge in [0.1, 0.15) is 12.6 Å². The summed E-state index contributed by atoms with van der Waals surface area (Å²) in [7, 11) is 0. The van der Waals surface area contributed by atoms with Gasteiger partial charge in [-0.2, -0.15) is 0 Å². The molecule has 0 aliphatic carbocycles. The number of carbonyl (C=O) groups is 1. The summed E-state index contributed by atoms with van der Waals surface area (Å²) in [5.74, 6) is -0.464. The Labute approximate surface area is 111 Å². The first-order valence-corrected chi connectivity index (χ1v) is 6.08. The number of carbonyl (C=O) groups excluding carboxylic acids is 1. The van der Waals surface area contributed by atoms with Crippen molar-refractivity contribution in [1.29, 1.82) is 0 Å². The Morgan fingerprint density at radius 3 is 2.47 bits per heavy atom. The van der Waals surface area contributed by atoms with Crippen LogP contribution in [0.2, 0.25) is 0 Å². The van der Waals surface area contributed by atoms with Crippen molar-refractivity contribution in [3.63, 3.8) is 0 Å². The minimum atomic E-state index is -0.632. The molecule has 0 spiro atoms. The normalized spacial score (nSPS) is 12.7. The Bertz CT molecular complexity index is 229. The summed E-state index contributed by atoms with van der Waals surface area (Å²) in [6, 6.07) is -0.632. The SMILES string of the molecule is NCCCCC(N)C(=O)OCCOCCON(O)O. The molecular weight excluding hydrogens is 258 g/mol. The van der Waals surface area contributed by atoms with E-state index in [1.807, 2.05) is 0 Å². The van der Waals surface area contributed by atoms with Crippen LogP contribution < -0.4 is 11.5 Å². The fourth-order valence-corrected chi connectivity index (χ4v) is 1.21. The van der Waals surface area contributed by atoms with Gasteiger partial charge in [-0.3, -0.25) is 15.2 Å². The summed E-state index contributed by atoms with van der Waals surface area (Å²) in [6.45, 7) is 0.959. The average Bonchev–Trinajstić information content (AvgIpc) is 2.37. The third-order valence-corrected chi connectivity index (χ3v) is 2.18. The van der Waals surface area contributed by atoms with Gasteiger partial charge in [0.25, 0.3) is 0 Å². The van der Waals surface area contributed by atoms with Crippen molar-refractivity contribution in [1.82, 2.24) is 5.39 Å². The smallest absolute Gasteiger partial charge is 0.322 e. The number of nitrogens with zero attached hydrogens (tertiary/aromatic N) is 1. The fourth-order valence-electron chi connectivity index (χ4n) is 1.21. The molecule has 0 aromatic heterocycles. The molecule has 0 saturated carbocycles. The highest BCUT2D eigenvalue weighted by molar-refractivity contribution is 5.75. The summed E-state index contributed by atoms with van der Waals surface area (Å²) in [6.07, 6.45) is 2.17. The second-order valence-electron chi connectivity index (χ2n) is 3.76. The van der Waals surface area contributed by atoms with E-state index in [4.69, 9.17) is 31.4 Å². The second kappa shape index (κ2) is 12.2. The Morgan fingerprint density at radius 2 is 1.84 bits per heavy atom. The van der Waals surface area contributed by atoms with Crippen molar-refractivity contribution in [2.45, 2.75) is 25.3 Å². The van der Waals surface area contributed by atoms with Gasteiger partial charge in [0.05, 0.1) is 25.2 Å². The van der Waals surface area contributed by atoms with Crippen LogP contribution in [0.25, 0.3) is 0 Å². The van der Waals surface area contributed by atoms with E-state index in [-0.39, 0.29) is 26.4 Å². The molecule has 1 atom stereocenters. The zero-order valence-electron chi connectivity index (χ0n) is 10.9. The molecule has 0 aromatic carbocycles. The van der Waals surface area contributed by atoms with Crippen molar-refractivity contribution in [2.24, 2.45) is 11.5 Å². The Hall–Kier alpha value is -0.810. The molecule has 9 nitrogen and oxygen atoms in total. The molecule has 114 valence electrons. The van der Waals surface area contributed by atoms with Gasteiger partial charge < -0.3 is 20.9 Å². The predicted molar refractivity (Wildman–Crippen MR) is 64.0 cm³/mol. The highest BCUT2D eigenvalue weighted by atomic mass is 17.1. The van der Waals surface area contributed by atoms with Crippen molar-refractivity contribution in [2.75, 3.05) is 33.0 Å². The van der Waals surface area contributed by atoms with E-state index in [1.165, 1.54) is 0 Å². The van der Waals surface area contributed by atoms with E-state index < -0.39 is 17.4 Å². The molecule has 0 heterocycles. The molecule has 6 N–H and O–H groups in total. The summed E-state index contributed by atoms with van der Waals surface area (Å²) < 4.78 is 9.90. The molecule has 0 amide bonds. The summed E-state index contributed by atoms with van der Waals surface area (Å²) in [5.41, 5.74) is 10.9. The van der Waals surface area contributed by atoms with E-state index in [2.05, 4.69) is 4.84 Å². The van der Waals surface area contributed by atoms with E-state index >= 15 is 0 Å². The maximum absolute atomic E-state index is 11.4. The lowest BCUT2D eigenvalue weighted by Crippen LogP contribution is -2.33. The molecule has 19 heavy (non-hydrogen) atoms. The van der Waals surface area contributed by atoms with E-state index in [0.29, 0.717) is 13.0 Å². The minimum Gasteiger partial charge on any atom is -0.462 e. The number of rotatable bonds is 12. The first kappa shape index (κ1) is 18.2. The van der Waals surface area contributed by atoms with Gasteiger partial charge >= 0.3 is 5.97 Å². The van der Waals surface area contributed by atoms with Gasteiger partial charge in [0.15, 0.2) is 0 Å². The molecule has 0 fully saturated rings. The number of nitrogens with two attached hydrogens (primary N) is 2. The molecule has 0 rings (SSSR count). The number of ether oxygens (including phenoxy) is 2. The molecule has 0 aliphatic rings. The van der Waals surface area contributed by atoms with E-state index in [0.717, 1.165) is 12.8 Å². The second-order valence-corrected chi connectivity index (χ2v) is 3.76. The average molecular weight is 281 g/mol. The fraction of sp³-hybridized carbons (Fsp3) is 0.900. The van der Waals surface area contributed by atoms with Crippen molar-refractivity contribution in [3.05, 3.63) is 0 Å². The third kappa shape index (κ3) is 12.0. The molecule has 0 aliphatic heterocycles. The zero-order valence-corrected chi connectivity index (χ0v) is 10.9. The van der Waals surface area contributed by atoms with Gasteiger partial charge in [0, 0.05) is 0 Å². The minimum absolute atomic E-state index is 0.0282. The van der Waals surface area contributed by atoms with Crippen LogP contribution in [0.3, 0.4) is 0 Å². The number of esters is 1. The van der Waals surface area contributed by atoms with Crippen LogP contribution in [0, 0.1) is 0 Å². The highest BCUT2D eigenvalue weighted by Gasteiger charge is 2.13. The lowest BCUT2D eigenvalue weighted by Gasteiger charge is -2.11. The van der Waals surface area contributed by atoms with Gasteiger partial charge in [-0.05, 0) is 19.4 Å². The van der Waals surface area contributed by atoms with Crippen LogP contribution in [0.4, 0.5) is 0 Å². The molecular formula is C10H23N3O6. The van der Waals surface area contributed by atoms with Gasteiger partial charge in [-0.1, -0.05) is 6.42 Å². The highest BCUT2D eigenvalue weighted by Crippen LogP contribution is 1.99. The van der Waals surface area contributed by atoms with Crippen molar-refractivity contribution >= 4 is 5.97 Å². The van der Waals surface area contributed by atoms with Crippen molar-refractivity contribution in [3.8, 4) is 0 Å². The Balaban J connectivity index is 3.37. The van der Waals surface area contributed by atoms with Gasteiger partial charge in [0.2, 0.25) is 0 Å². The number of hydrogen-bond acceptors (Lipinski definition) is 9. The predicted octanol–water partition coefficient (Wildman–Crippen LogP) is -0.985. The first-order valence-electron chi connectivity index (χ1n) is 6.08. The Kier molecular flexibility index (Phi) is 11.7. The largest absolute Gasteiger partial charge is 0.462 e. The van der Waals surface area contributed by atoms with Gasteiger partial charge in [-0.15, -0.1) is 0 Å². The maximum Gasteiger partial charge on any atom is 0.322 e. The van der Waals surface area contributed by atoms with Crippen molar-refractivity contribution < 1.29 is 29.5 Å².